The lowest BCUT2D eigenvalue weighted by Gasteiger charge is -2.45. The molecular weight excluding hydrogens is 208 g/mol. The summed E-state index contributed by atoms with van der Waals surface area (Å²) < 4.78 is 0. The zero-order chi connectivity index (χ0) is 12.9. The van der Waals surface area contributed by atoms with Gasteiger partial charge >= 0.3 is 0 Å². The molecule has 0 amide bonds. The minimum Gasteiger partial charge on any atom is -0.312 e. The number of hydrogen-bond acceptors (Lipinski definition) is 2. The third-order valence-electron chi connectivity index (χ3n) is 4.65. The molecule has 1 rings (SSSR count). The molecule has 1 N–H and O–H groups in total. The van der Waals surface area contributed by atoms with E-state index in [1.807, 2.05) is 0 Å². The number of nitrogens with zero attached hydrogens (tertiary/aromatic N) is 1. The second-order valence-electron chi connectivity index (χ2n) is 6.38. The van der Waals surface area contributed by atoms with Crippen LogP contribution in [0.3, 0.4) is 0 Å². The van der Waals surface area contributed by atoms with Gasteiger partial charge in [0.15, 0.2) is 0 Å². The van der Waals surface area contributed by atoms with Crippen LogP contribution in [0.25, 0.3) is 0 Å². The second kappa shape index (κ2) is 6.75. The van der Waals surface area contributed by atoms with Gasteiger partial charge in [-0.3, -0.25) is 0 Å². The number of rotatable bonds is 6. The fraction of sp³-hybridized carbons (Fsp3) is 1.00. The van der Waals surface area contributed by atoms with Crippen molar-refractivity contribution in [1.82, 2.24) is 10.2 Å². The molecule has 1 aliphatic rings. The molecular formula is C15H32N2. The van der Waals surface area contributed by atoms with Crippen LogP contribution in [-0.2, 0) is 0 Å². The molecule has 17 heavy (non-hydrogen) atoms. The molecule has 0 aromatic heterocycles. The maximum Gasteiger partial charge on any atom is 0.0302 e. The lowest BCUT2D eigenvalue weighted by atomic mass is 9.75. The van der Waals surface area contributed by atoms with Gasteiger partial charge in [-0.05, 0) is 59.7 Å². The monoisotopic (exact) mass is 240 g/mol. The molecule has 1 atom stereocenters. The molecule has 102 valence electrons. The highest BCUT2D eigenvalue weighted by Crippen LogP contribution is 2.32. The predicted molar refractivity (Wildman–Crippen MR) is 76.4 cm³/mol. The summed E-state index contributed by atoms with van der Waals surface area (Å²) in [5.74, 6) is 0.868. The Morgan fingerprint density at radius 3 is 2.24 bits per heavy atom. The third kappa shape index (κ3) is 3.96. The van der Waals surface area contributed by atoms with Crippen molar-refractivity contribution in [1.29, 1.82) is 0 Å². The lowest BCUT2D eigenvalue weighted by molar-refractivity contribution is 0.0870. The summed E-state index contributed by atoms with van der Waals surface area (Å²) in [5.41, 5.74) is 0.247. The molecule has 0 radical (unpaired) electrons. The molecule has 0 saturated heterocycles. The highest BCUT2D eigenvalue weighted by molar-refractivity contribution is 4.96. The molecule has 0 aliphatic heterocycles. The van der Waals surface area contributed by atoms with Gasteiger partial charge in [0.2, 0.25) is 0 Å². The van der Waals surface area contributed by atoms with Crippen LogP contribution in [0.1, 0.15) is 59.3 Å². The van der Waals surface area contributed by atoms with Crippen molar-refractivity contribution < 1.29 is 0 Å². The minimum absolute atomic E-state index is 0.247. The Morgan fingerprint density at radius 1 is 1.18 bits per heavy atom. The van der Waals surface area contributed by atoms with Crippen LogP contribution in [0.2, 0.25) is 0 Å². The molecule has 0 aromatic rings. The van der Waals surface area contributed by atoms with Gasteiger partial charge in [0.05, 0.1) is 0 Å². The SMILES string of the molecule is CCCNC(C1CCCCC1)C(C)(C)N(C)C. The van der Waals surface area contributed by atoms with Gasteiger partial charge in [-0.1, -0.05) is 26.2 Å². The molecule has 1 saturated carbocycles. The van der Waals surface area contributed by atoms with Crippen LogP contribution in [0.5, 0.6) is 0 Å². The number of likely N-dealkylation sites (N-methyl/N-ethyl adjacent to an activating group) is 1. The first kappa shape index (κ1) is 15.0. The van der Waals surface area contributed by atoms with Gasteiger partial charge in [0.25, 0.3) is 0 Å². The van der Waals surface area contributed by atoms with E-state index >= 15 is 0 Å². The van der Waals surface area contributed by atoms with Crippen LogP contribution in [-0.4, -0.2) is 37.1 Å². The third-order valence-corrected chi connectivity index (χ3v) is 4.65. The van der Waals surface area contributed by atoms with Crippen LogP contribution < -0.4 is 5.32 Å². The largest absolute Gasteiger partial charge is 0.312 e. The van der Waals surface area contributed by atoms with E-state index in [-0.39, 0.29) is 5.54 Å². The molecule has 1 unspecified atom stereocenters. The van der Waals surface area contributed by atoms with E-state index in [1.165, 1.54) is 38.5 Å². The standard InChI is InChI=1S/C15H32N2/c1-6-12-16-14(15(2,3)17(4)5)13-10-8-7-9-11-13/h13-14,16H,6-12H2,1-5H3. The zero-order valence-corrected chi connectivity index (χ0v) is 12.6. The molecule has 2 heteroatoms. The van der Waals surface area contributed by atoms with Crippen molar-refractivity contribution in [2.45, 2.75) is 70.9 Å². The van der Waals surface area contributed by atoms with Gasteiger partial charge in [0, 0.05) is 11.6 Å². The molecule has 2 nitrogen and oxygen atoms in total. The van der Waals surface area contributed by atoms with E-state index < -0.39 is 0 Å². The first-order valence-electron chi connectivity index (χ1n) is 7.41. The second-order valence-corrected chi connectivity index (χ2v) is 6.38. The Bertz CT molecular complexity index is 205. The van der Waals surface area contributed by atoms with Crippen molar-refractivity contribution in [3.63, 3.8) is 0 Å². The lowest BCUT2D eigenvalue weighted by Crippen LogP contribution is -2.58. The molecule has 0 aromatic carbocycles. The van der Waals surface area contributed by atoms with Crippen LogP contribution in [0.4, 0.5) is 0 Å². The quantitative estimate of drug-likeness (QED) is 0.766. The predicted octanol–water partition coefficient (Wildman–Crippen LogP) is 3.28. The average molecular weight is 240 g/mol. The zero-order valence-electron chi connectivity index (χ0n) is 12.6. The summed E-state index contributed by atoms with van der Waals surface area (Å²) in [6.07, 6.45) is 8.36. The summed E-state index contributed by atoms with van der Waals surface area (Å²) in [6.45, 7) is 8.18. The molecule has 1 fully saturated rings. The maximum absolute atomic E-state index is 3.82. The fourth-order valence-corrected chi connectivity index (χ4v) is 3.04. The Kier molecular flexibility index (Phi) is 5.94. The summed E-state index contributed by atoms with van der Waals surface area (Å²) in [5, 5.41) is 3.82. The minimum atomic E-state index is 0.247. The van der Waals surface area contributed by atoms with Crippen LogP contribution in [0, 0.1) is 5.92 Å². The number of hydrogen-bond donors (Lipinski definition) is 1. The summed E-state index contributed by atoms with van der Waals surface area (Å²) in [7, 11) is 4.42. The van der Waals surface area contributed by atoms with Gasteiger partial charge in [-0.15, -0.1) is 0 Å². The van der Waals surface area contributed by atoms with Gasteiger partial charge < -0.3 is 10.2 Å². The Hall–Kier alpha value is -0.0800. The number of nitrogens with one attached hydrogen (secondary N) is 1. The Morgan fingerprint density at radius 2 is 1.76 bits per heavy atom. The Balaban J connectivity index is 2.70. The van der Waals surface area contributed by atoms with E-state index in [0.29, 0.717) is 6.04 Å². The summed E-state index contributed by atoms with van der Waals surface area (Å²) >= 11 is 0. The van der Waals surface area contributed by atoms with Crippen molar-refractivity contribution in [3.8, 4) is 0 Å². The summed E-state index contributed by atoms with van der Waals surface area (Å²) in [4.78, 5) is 2.38. The van der Waals surface area contributed by atoms with Crippen molar-refractivity contribution in [2.24, 2.45) is 5.92 Å². The highest BCUT2D eigenvalue weighted by atomic mass is 15.2. The van der Waals surface area contributed by atoms with E-state index in [9.17, 15) is 0 Å². The molecule has 0 heterocycles. The van der Waals surface area contributed by atoms with Crippen molar-refractivity contribution >= 4 is 0 Å². The van der Waals surface area contributed by atoms with Crippen LogP contribution >= 0.6 is 0 Å². The average Bonchev–Trinajstić information content (AvgIpc) is 2.30. The smallest absolute Gasteiger partial charge is 0.0302 e. The van der Waals surface area contributed by atoms with Crippen LogP contribution in [0.15, 0.2) is 0 Å². The normalized spacial score (nSPS) is 20.8. The Labute approximate surface area is 108 Å². The van der Waals surface area contributed by atoms with Gasteiger partial charge in [0.1, 0.15) is 0 Å². The van der Waals surface area contributed by atoms with Crippen molar-refractivity contribution in [2.75, 3.05) is 20.6 Å². The van der Waals surface area contributed by atoms with E-state index in [1.54, 1.807) is 0 Å². The molecule has 0 spiro atoms. The fourth-order valence-electron chi connectivity index (χ4n) is 3.04. The summed E-state index contributed by atoms with van der Waals surface area (Å²) in [6, 6.07) is 0.637. The molecule has 1 aliphatic carbocycles. The van der Waals surface area contributed by atoms with E-state index in [0.717, 1.165) is 12.5 Å². The first-order chi connectivity index (χ1) is 8.00. The van der Waals surface area contributed by atoms with Gasteiger partial charge in [-0.2, -0.15) is 0 Å². The van der Waals surface area contributed by atoms with Gasteiger partial charge in [-0.25, -0.2) is 0 Å². The molecule has 0 bridgehead atoms. The highest BCUT2D eigenvalue weighted by Gasteiger charge is 2.37. The maximum atomic E-state index is 3.82. The first-order valence-corrected chi connectivity index (χ1v) is 7.41. The van der Waals surface area contributed by atoms with E-state index in [4.69, 9.17) is 0 Å². The topological polar surface area (TPSA) is 15.3 Å². The van der Waals surface area contributed by atoms with Crippen molar-refractivity contribution in [3.05, 3.63) is 0 Å². The van der Waals surface area contributed by atoms with E-state index in [2.05, 4.69) is 45.1 Å².